The van der Waals surface area contributed by atoms with Crippen molar-refractivity contribution in [3.05, 3.63) is 0 Å². The van der Waals surface area contributed by atoms with E-state index in [0.29, 0.717) is 45.8 Å². The van der Waals surface area contributed by atoms with Gasteiger partial charge in [-0.2, -0.15) is 4.31 Å². The lowest BCUT2D eigenvalue weighted by molar-refractivity contribution is -0.130. The first-order chi connectivity index (χ1) is 9.51. The Morgan fingerprint density at radius 2 is 2.00 bits per heavy atom. The van der Waals surface area contributed by atoms with Crippen LogP contribution < -0.4 is 0 Å². The molecule has 0 aromatic carbocycles. The molecule has 0 saturated carbocycles. The number of amides is 1. The van der Waals surface area contributed by atoms with Crippen LogP contribution in [0.5, 0.6) is 0 Å². The highest BCUT2D eigenvalue weighted by molar-refractivity contribution is 7.89. The topological polar surface area (TPSA) is 87.2 Å². The highest BCUT2D eigenvalue weighted by Crippen LogP contribution is 2.08. The lowest BCUT2D eigenvalue weighted by Crippen LogP contribution is -2.43. The van der Waals surface area contributed by atoms with Crippen LogP contribution in [0.2, 0.25) is 0 Å². The van der Waals surface area contributed by atoms with E-state index in [4.69, 9.17) is 9.84 Å². The average molecular weight is 308 g/mol. The van der Waals surface area contributed by atoms with Gasteiger partial charge in [0.2, 0.25) is 15.9 Å². The van der Waals surface area contributed by atoms with E-state index in [1.54, 1.807) is 4.90 Å². The van der Waals surface area contributed by atoms with Crippen molar-refractivity contribution in [3.8, 4) is 0 Å². The Morgan fingerprint density at radius 3 is 2.55 bits per heavy atom. The molecule has 8 heteroatoms. The predicted octanol–water partition coefficient (Wildman–Crippen LogP) is -0.731. The third-order valence-electron chi connectivity index (χ3n) is 3.26. The summed E-state index contributed by atoms with van der Waals surface area (Å²) in [6.45, 7) is 4.38. The third-order valence-corrected chi connectivity index (χ3v) is 5.13. The number of rotatable bonds is 8. The lowest BCUT2D eigenvalue weighted by atomic mass is 10.3. The number of ether oxygens (including phenoxy) is 1. The second kappa shape index (κ2) is 8.56. The molecule has 1 aliphatic rings. The summed E-state index contributed by atoms with van der Waals surface area (Å²) in [7, 11) is -3.38. The SMILES string of the molecule is CCN(CCCO)C(=O)CCS(=O)(=O)N1CCOCC1. The van der Waals surface area contributed by atoms with Crippen LogP contribution in [0, 0.1) is 0 Å². The molecule has 1 saturated heterocycles. The first-order valence-corrected chi connectivity index (χ1v) is 8.56. The Labute approximate surface area is 120 Å². The van der Waals surface area contributed by atoms with Crippen molar-refractivity contribution in [2.45, 2.75) is 19.8 Å². The summed E-state index contributed by atoms with van der Waals surface area (Å²) in [5.41, 5.74) is 0. The van der Waals surface area contributed by atoms with Crippen LogP contribution in [0.4, 0.5) is 0 Å². The zero-order valence-electron chi connectivity index (χ0n) is 12.0. The molecule has 1 N–H and O–H groups in total. The molecule has 7 nitrogen and oxygen atoms in total. The zero-order chi connectivity index (χ0) is 15.0. The molecule has 0 bridgehead atoms. The molecule has 0 aromatic heterocycles. The molecule has 1 aliphatic heterocycles. The number of aliphatic hydroxyl groups excluding tert-OH is 1. The predicted molar refractivity (Wildman–Crippen MR) is 74.8 cm³/mol. The van der Waals surface area contributed by atoms with Gasteiger partial charge in [0, 0.05) is 39.2 Å². The summed E-state index contributed by atoms with van der Waals surface area (Å²) >= 11 is 0. The Bertz CT molecular complexity index is 393. The summed E-state index contributed by atoms with van der Waals surface area (Å²) in [5.74, 6) is -0.348. The van der Waals surface area contributed by atoms with E-state index in [1.807, 2.05) is 6.92 Å². The fourth-order valence-electron chi connectivity index (χ4n) is 2.05. The molecule has 1 heterocycles. The van der Waals surface area contributed by atoms with Crippen LogP contribution in [0.3, 0.4) is 0 Å². The number of hydrogen-bond acceptors (Lipinski definition) is 5. The summed E-state index contributed by atoms with van der Waals surface area (Å²) < 4.78 is 30.6. The van der Waals surface area contributed by atoms with Crippen LogP contribution in [0.15, 0.2) is 0 Å². The second-order valence-corrected chi connectivity index (χ2v) is 6.72. The maximum Gasteiger partial charge on any atom is 0.223 e. The molecule has 0 atom stereocenters. The van der Waals surface area contributed by atoms with E-state index >= 15 is 0 Å². The van der Waals surface area contributed by atoms with E-state index in [-0.39, 0.29) is 24.7 Å². The minimum absolute atomic E-state index is 0.0149. The first kappa shape index (κ1) is 17.4. The quantitative estimate of drug-likeness (QED) is 0.639. The molecule has 1 amide bonds. The summed E-state index contributed by atoms with van der Waals surface area (Å²) in [5, 5.41) is 8.77. The van der Waals surface area contributed by atoms with Crippen molar-refractivity contribution in [2.24, 2.45) is 0 Å². The normalized spacial score (nSPS) is 17.1. The van der Waals surface area contributed by atoms with Gasteiger partial charge in [0.05, 0.1) is 19.0 Å². The Kier molecular flexibility index (Phi) is 7.42. The Balaban J connectivity index is 2.45. The number of hydrogen-bond donors (Lipinski definition) is 1. The zero-order valence-corrected chi connectivity index (χ0v) is 12.8. The molecule has 0 spiro atoms. The van der Waals surface area contributed by atoms with Gasteiger partial charge in [0.15, 0.2) is 0 Å². The van der Waals surface area contributed by atoms with Gasteiger partial charge in [-0.15, -0.1) is 0 Å². The molecule has 1 fully saturated rings. The van der Waals surface area contributed by atoms with Crippen molar-refractivity contribution in [1.29, 1.82) is 0 Å². The van der Waals surface area contributed by atoms with Gasteiger partial charge in [-0.1, -0.05) is 0 Å². The molecule has 0 aliphatic carbocycles. The monoisotopic (exact) mass is 308 g/mol. The van der Waals surface area contributed by atoms with Gasteiger partial charge >= 0.3 is 0 Å². The van der Waals surface area contributed by atoms with Gasteiger partial charge in [0.25, 0.3) is 0 Å². The Morgan fingerprint density at radius 1 is 1.35 bits per heavy atom. The van der Waals surface area contributed by atoms with Gasteiger partial charge in [-0.05, 0) is 13.3 Å². The Hall–Kier alpha value is -0.700. The highest BCUT2D eigenvalue weighted by Gasteiger charge is 2.25. The van der Waals surface area contributed by atoms with E-state index in [1.165, 1.54) is 4.31 Å². The molecule has 20 heavy (non-hydrogen) atoms. The molecular formula is C12H24N2O5S. The highest BCUT2D eigenvalue weighted by atomic mass is 32.2. The van der Waals surface area contributed by atoms with Crippen molar-refractivity contribution >= 4 is 15.9 Å². The number of aliphatic hydroxyl groups is 1. The van der Waals surface area contributed by atoms with Gasteiger partial charge in [-0.3, -0.25) is 4.79 Å². The maximum absolute atomic E-state index is 12.1. The van der Waals surface area contributed by atoms with Crippen molar-refractivity contribution in [3.63, 3.8) is 0 Å². The van der Waals surface area contributed by atoms with E-state index in [2.05, 4.69) is 0 Å². The fourth-order valence-corrected chi connectivity index (χ4v) is 3.45. The van der Waals surface area contributed by atoms with Gasteiger partial charge in [-0.25, -0.2) is 8.42 Å². The molecule has 0 radical (unpaired) electrons. The standard InChI is InChI=1S/C12H24N2O5S/c1-2-13(5-3-8-15)12(16)4-11-20(17,18)14-6-9-19-10-7-14/h15H,2-11H2,1H3. The number of nitrogens with zero attached hydrogens (tertiary/aromatic N) is 2. The third kappa shape index (κ3) is 5.35. The lowest BCUT2D eigenvalue weighted by Gasteiger charge is -2.26. The number of morpholine rings is 1. The minimum Gasteiger partial charge on any atom is -0.396 e. The van der Waals surface area contributed by atoms with Crippen molar-refractivity contribution in [2.75, 3.05) is 51.8 Å². The summed E-state index contributed by atoms with van der Waals surface area (Å²) in [4.78, 5) is 13.5. The van der Waals surface area contributed by atoms with Gasteiger partial charge in [0.1, 0.15) is 0 Å². The smallest absolute Gasteiger partial charge is 0.223 e. The second-order valence-electron chi connectivity index (χ2n) is 4.63. The minimum atomic E-state index is -3.38. The van der Waals surface area contributed by atoms with Crippen LogP contribution in [-0.4, -0.2) is 80.4 Å². The molecule has 0 aromatic rings. The summed E-state index contributed by atoms with van der Waals surface area (Å²) in [6.07, 6.45) is 0.495. The molecule has 0 unspecified atom stereocenters. The van der Waals surface area contributed by atoms with Crippen molar-refractivity contribution < 1.29 is 23.1 Å². The number of carbonyl (C=O) groups is 1. The van der Waals surface area contributed by atoms with Gasteiger partial charge < -0.3 is 14.7 Å². The molecule has 118 valence electrons. The summed E-state index contributed by atoms with van der Waals surface area (Å²) in [6, 6.07) is 0. The van der Waals surface area contributed by atoms with Crippen LogP contribution >= 0.6 is 0 Å². The van der Waals surface area contributed by atoms with Crippen molar-refractivity contribution in [1.82, 2.24) is 9.21 Å². The van der Waals surface area contributed by atoms with E-state index in [9.17, 15) is 13.2 Å². The molecule has 1 rings (SSSR count). The van der Waals surface area contributed by atoms with Crippen LogP contribution in [0.1, 0.15) is 19.8 Å². The first-order valence-electron chi connectivity index (χ1n) is 6.95. The fraction of sp³-hybridized carbons (Fsp3) is 0.917. The van der Waals surface area contributed by atoms with Crippen LogP contribution in [-0.2, 0) is 19.6 Å². The molecular weight excluding hydrogens is 284 g/mol. The van der Waals surface area contributed by atoms with E-state index in [0.717, 1.165) is 0 Å². The van der Waals surface area contributed by atoms with Crippen LogP contribution in [0.25, 0.3) is 0 Å². The maximum atomic E-state index is 12.1. The number of sulfonamides is 1. The number of carbonyl (C=O) groups excluding carboxylic acids is 1. The van der Waals surface area contributed by atoms with E-state index < -0.39 is 10.0 Å². The largest absolute Gasteiger partial charge is 0.396 e. The average Bonchev–Trinajstić information content (AvgIpc) is 2.47.